The fourth-order valence-electron chi connectivity index (χ4n) is 5.83. The van der Waals surface area contributed by atoms with E-state index in [9.17, 15) is 27.9 Å². The Morgan fingerprint density at radius 2 is 1.77 bits per heavy atom. The number of carbonyl (C=O) groups is 2. The van der Waals surface area contributed by atoms with Gasteiger partial charge in [0.05, 0.1) is 30.3 Å². The topological polar surface area (TPSA) is 94.1 Å². The summed E-state index contributed by atoms with van der Waals surface area (Å²) < 4.78 is 45.7. The summed E-state index contributed by atoms with van der Waals surface area (Å²) in [6, 6.07) is 22.8. The third-order valence-corrected chi connectivity index (χ3v) is 8.44. The standard InChI is InChI=1S/C36H39F3N4O4/c1-23-19-43(24(2)22-44)34(45)18-27-17-29(40-35(46)41-31-10-6-8-26-7-4-5-9-30(26)31)15-16-32(27)47-33(23)21-42(3)20-25-11-13-28(14-12-25)36(37,38)39/h4-17,23-24,33,44H,18-22H2,1-3H3,(H2,40,41,46)/t23-,24-,33-/m0/s1. The quantitative estimate of drug-likeness (QED) is 0.196. The first-order valence-corrected chi connectivity index (χ1v) is 15.5. The number of alkyl halides is 3. The molecule has 3 amide bonds. The van der Waals surface area contributed by atoms with Gasteiger partial charge >= 0.3 is 12.2 Å². The van der Waals surface area contributed by atoms with Crippen molar-refractivity contribution in [1.29, 1.82) is 0 Å². The molecular formula is C36H39F3N4O4. The number of carbonyl (C=O) groups excluding carboxylic acids is 2. The van der Waals surface area contributed by atoms with Crippen LogP contribution in [0.3, 0.4) is 0 Å². The van der Waals surface area contributed by atoms with Crippen LogP contribution < -0.4 is 15.4 Å². The largest absolute Gasteiger partial charge is 0.488 e. The van der Waals surface area contributed by atoms with E-state index in [1.54, 1.807) is 30.0 Å². The minimum absolute atomic E-state index is 0.000961. The summed E-state index contributed by atoms with van der Waals surface area (Å²) in [7, 11) is 1.86. The summed E-state index contributed by atoms with van der Waals surface area (Å²) in [5.41, 5.74) is 1.74. The molecule has 0 saturated carbocycles. The molecule has 3 atom stereocenters. The van der Waals surface area contributed by atoms with Crippen LogP contribution in [0.5, 0.6) is 5.75 Å². The molecule has 4 aromatic rings. The average Bonchev–Trinajstić information content (AvgIpc) is 3.08. The Morgan fingerprint density at radius 3 is 2.49 bits per heavy atom. The van der Waals surface area contributed by atoms with Crippen molar-refractivity contribution in [1.82, 2.24) is 9.80 Å². The fourth-order valence-corrected chi connectivity index (χ4v) is 5.83. The lowest BCUT2D eigenvalue weighted by molar-refractivity contribution is -0.137. The van der Waals surface area contributed by atoms with Gasteiger partial charge in [0.1, 0.15) is 11.9 Å². The monoisotopic (exact) mass is 648 g/mol. The van der Waals surface area contributed by atoms with Gasteiger partial charge < -0.3 is 25.4 Å². The van der Waals surface area contributed by atoms with E-state index in [4.69, 9.17) is 4.74 Å². The summed E-state index contributed by atoms with van der Waals surface area (Å²) in [4.78, 5) is 30.2. The van der Waals surface area contributed by atoms with E-state index < -0.39 is 29.9 Å². The fraction of sp³-hybridized carbons (Fsp3) is 0.333. The van der Waals surface area contributed by atoms with E-state index in [-0.39, 0.29) is 24.9 Å². The van der Waals surface area contributed by atoms with Gasteiger partial charge in [0.2, 0.25) is 5.91 Å². The van der Waals surface area contributed by atoms with Crippen LogP contribution in [0.2, 0.25) is 0 Å². The van der Waals surface area contributed by atoms with Crippen LogP contribution in [0.15, 0.2) is 84.9 Å². The van der Waals surface area contributed by atoms with Crippen molar-refractivity contribution >= 4 is 34.1 Å². The van der Waals surface area contributed by atoms with Gasteiger partial charge in [-0.2, -0.15) is 13.2 Å². The predicted molar refractivity (Wildman–Crippen MR) is 176 cm³/mol. The highest BCUT2D eigenvalue weighted by atomic mass is 19.4. The second-order valence-electron chi connectivity index (χ2n) is 12.2. The molecule has 5 rings (SSSR count). The van der Waals surface area contributed by atoms with Gasteiger partial charge in [0, 0.05) is 42.2 Å². The van der Waals surface area contributed by atoms with Crippen molar-refractivity contribution < 1.29 is 32.6 Å². The van der Waals surface area contributed by atoms with Crippen molar-refractivity contribution in [2.75, 3.05) is 37.4 Å². The molecule has 11 heteroatoms. The van der Waals surface area contributed by atoms with Gasteiger partial charge in [0.15, 0.2) is 0 Å². The number of benzene rings is 4. The smallest absolute Gasteiger partial charge is 0.416 e. The molecule has 3 N–H and O–H groups in total. The summed E-state index contributed by atoms with van der Waals surface area (Å²) >= 11 is 0. The van der Waals surface area contributed by atoms with Crippen molar-refractivity contribution in [2.24, 2.45) is 5.92 Å². The number of rotatable bonds is 8. The van der Waals surface area contributed by atoms with Crippen LogP contribution in [0.4, 0.5) is 29.3 Å². The number of aliphatic hydroxyl groups is 1. The first-order valence-electron chi connectivity index (χ1n) is 15.5. The Kier molecular flexibility index (Phi) is 10.4. The highest BCUT2D eigenvalue weighted by molar-refractivity contribution is 6.06. The van der Waals surface area contributed by atoms with Gasteiger partial charge in [0.25, 0.3) is 0 Å². The number of ether oxygens (including phenoxy) is 1. The Balaban J connectivity index is 1.35. The Hall–Kier alpha value is -4.61. The van der Waals surface area contributed by atoms with E-state index >= 15 is 0 Å². The molecule has 0 spiro atoms. The highest BCUT2D eigenvalue weighted by Crippen LogP contribution is 2.31. The third-order valence-electron chi connectivity index (χ3n) is 8.44. The van der Waals surface area contributed by atoms with Crippen molar-refractivity contribution in [3.05, 3.63) is 102 Å². The molecule has 0 aromatic heterocycles. The zero-order valence-electron chi connectivity index (χ0n) is 26.6. The molecule has 0 saturated heterocycles. The molecule has 248 valence electrons. The van der Waals surface area contributed by atoms with Gasteiger partial charge in [-0.15, -0.1) is 0 Å². The van der Waals surface area contributed by atoms with Gasteiger partial charge in [-0.25, -0.2) is 4.79 Å². The molecule has 1 aliphatic heterocycles. The first kappa shape index (κ1) is 33.7. The molecule has 1 heterocycles. The third kappa shape index (κ3) is 8.41. The van der Waals surface area contributed by atoms with Gasteiger partial charge in [-0.05, 0) is 61.3 Å². The lowest BCUT2D eigenvalue weighted by Gasteiger charge is -2.34. The Labute approximate surface area is 272 Å². The number of halogens is 3. The number of aliphatic hydroxyl groups excluding tert-OH is 1. The Morgan fingerprint density at radius 1 is 1.04 bits per heavy atom. The van der Waals surface area contributed by atoms with Crippen LogP contribution in [0, 0.1) is 5.92 Å². The van der Waals surface area contributed by atoms with E-state index in [2.05, 4.69) is 10.6 Å². The molecule has 1 aliphatic rings. The normalized spacial score (nSPS) is 17.7. The molecule has 0 aliphatic carbocycles. The number of anilines is 2. The number of urea groups is 1. The zero-order chi connectivity index (χ0) is 33.7. The average molecular weight is 649 g/mol. The second-order valence-corrected chi connectivity index (χ2v) is 12.2. The lowest BCUT2D eigenvalue weighted by atomic mass is 10.0. The summed E-state index contributed by atoms with van der Waals surface area (Å²) in [6.45, 7) is 4.70. The van der Waals surface area contributed by atoms with E-state index in [0.717, 1.165) is 28.5 Å². The molecule has 0 fully saturated rings. The minimum Gasteiger partial charge on any atom is -0.488 e. The van der Waals surface area contributed by atoms with Crippen LogP contribution in [0.25, 0.3) is 10.8 Å². The van der Waals surface area contributed by atoms with Crippen LogP contribution in [-0.2, 0) is 23.9 Å². The summed E-state index contributed by atoms with van der Waals surface area (Å²) in [6.07, 6.45) is -4.80. The van der Waals surface area contributed by atoms with Crippen LogP contribution in [0.1, 0.15) is 30.5 Å². The SMILES string of the molecule is C[C@H]1CN([C@@H](C)CO)C(=O)Cc2cc(NC(=O)Nc3cccc4ccccc34)ccc2O[C@H]1CN(C)Cc1ccc(C(F)(F)F)cc1. The summed E-state index contributed by atoms with van der Waals surface area (Å²) in [5, 5.41) is 17.6. The number of amides is 3. The predicted octanol–water partition coefficient (Wildman–Crippen LogP) is 6.78. The maximum Gasteiger partial charge on any atom is 0.416 e. The van der Waals surface area contributed by atoms with Crippen LogP contribution >= 0.6 is 0 Å². The number of nitrogens with zero attached hydrogens (tertiary/aromatic N) is 2. The van der Waals surface area contributed by atoms with Crippen molar-refractivity contribution in [3.8, 4) is 5.75 Å². The molecule has 4 aromatic carbocycles. The van der Waals surface area contributed by atoms with Gasteiger partial charge in [-0.3, -0.25) is 9.69 Å². The molecular weight excluding hydrogens is 609 g/mol. The van der Waals surface area contributed by atoms with E-state index in [0.29, 0.717) is 42.3 Å². The highest BCUT2D eigenvalue weighted by Gasteiger charge is 2.32. The molecule has 8 nitrogen and oxygen atoms in total. The number of hydrogen-bond donors (Lipinski definition) is 3. The number of likely N-dealkylation sites (N-methyl/N-ethyl adjacent to an activating group) is 1. The minimum atomic E-state index is -4.40. The van der Waals surface area contributed by atoms with Crippen molar-refractivity contribution in [2.45, 2.75) is 45.1 Å². The molecule has 0 radical (unpaired) electrons. The maximum atomic E-state index is 13.6. The Bertz CT molecular complexity index is 1710. The van der Waals surface area contributed by atoms with E-state index in [1.807, 2.05) is 61.3 Å². The number of nitrogens with one attached hydrogen (secondary N) is 2. The molecule has 0 unspecified atom stereocenters. The van der Waals surface area contributed by atoms with Gasteiger partial charge in [-0.1, -0.05) is 55.5 Å². The summed E-state index contributed by atoms with van der Waals surface area (Å²) in [5.74, 6) is 0.161. The lowest BCUT2D eigenvalue weighted by Crippen LogP contribution is -2.47. The van der Waals surface area contributed by atoms with E-state index in [1.165, 1.54) is 12.1 Å². The first-order chi connectivity index (χ1) is 22.4. The molecule has 47 heavy (non-hydrogen) atoms. The molecule has 0 bridgehead atoms. The second kappa shape index (κ2) is 14.4. The number of fused-ring (bicyclic) bond motifs is 2. The number of hydrogen-bond acceptors (Lipinski definition) is 5. The maximum absolute atomic E-state index is 13.6. The van der Waals surface area contributed by atoms with Crippen molar-refractivity contribution in [3.63, 3.8) is 0 Å². The zero-order valence-corrected chi connectivity index (χ0v) is 26.6. The van der Waals surface area contributed by atoms with Crippen LogP contribution in [-0.4, -0.2) is 65.7 Å².